The molecule has 0 aromatic heterocycles. The fourth-order valence-electron chi connectivity index (χ4n) is 1.51. The van der Waals surface area contributed by atoms with Crippen LogP contribution in [0.2, 0.25) is 0 Å². The molecular weight excluding hydrogens is 108 g/mol. The summed E-state index contributed by atoms with van der Waals surface area (Å²) < 4.78 is 0. The van der Waals surface area contributed by atoms with E-state index >= 15 is 0 Å². The lowest BCUT2D eigenvalue weighted by molar-refractivity contribution is 0.535. The average Bonchev–Trinajstić information content (AvgIpc) is 1.83. The van der Waals surface area contributed by atoms with E-state index in [9.17, 15) is 0 Å². The average molecular weight is 124 g/mol. The molecule has 0 radical (unpaired) electrons. The molecule has 0 amide bonds. The van der Waals surface area contributed by atoms with Gasteiger partial charge < -0.3 is 0 Å². The largest absolute Gasteiger partial charge is 0.0741 e. The first-order valence-corrected chi connectivity index (χ1v) is 3.88. The predicted molar refractivity (Wildman–Crippen MR) is 41.4 cm³/mol. The maximum Gasteiger partial charge on any atom is -0.0232 e. The van der Waals surface area contributed by atoms with Crippen molar-refractivity contribution in [3.63, 3.8) is 0 Å². The Balaban J connectivity index is 2.72. The molecular formula is C9H16. The Hall–Kier alpha value is -0.260. The Morgan fingerprint density at radius 3 is 2.44 bits per heavy atom. The van der Waals surface area contributed by atoms with E-state index < -0.39 is 0 Å². The van der Waals surface area contributed by atoms with Crippen LogP contribution in [0.5, 0.6) is 0 Å². The molecule has 0 aliphatic heterocycles. The second-order valence-corrected chi connectivity index (χ2v) is 3.26. The Morgan fingerprint density at radius 2 is 2.00 bits per heavy atom. The first-order chi connectivity index (χ1) is 4.22. The summed E-state index contributed by atoms with van der Waals surface area (Å²) in [6.45, 7) is 6.88. The Bertz CT molecular complexity index is 131. The summed E-state index contributed by atoms with van der Waals surface area (Å²) >= 11 is 0. The molecule has 0 aromatic rings. The first kappa shape index (κ1) is 6.85. The van der Waals surface area contributed by atoms with Gasteiger partial charge in [0.2, 0.25) is 0 Å². The minimum atomic E-state index is 0.860. The lowest BCUT2D eigenvalue weighted by Crippen LogP contribution is -2.04. The van der Waals surface area contributed by atoms with Crippen LogP contribution in [0.25, 0.3) is 0 Å². The van der Waals surface area contributed by atoms with Crippen molar-refractivity contribution < 1.29 is 0 Å². The van der Waals surface area contributed by atoms with E-state index in [0.717, 1.165) is 5.92 Å². The highest BCUT2D eigenvalue weighted by Gasteiger charge is 2.11. The van der Waals surface area contributed by atoms with Crippen LogP contribution in [0.4, 0.5) is 0 Å². The molecule has 0 unspecified atom stereocenters. The molecule has 0 saturated carbocycles. The van der Waals surface area contributed by atoms with Crippen LogP contribution in [0, 0.1) is 5.92 Å². The molecule has 0 spiro atoms. The number of hydrogen-bond acceptors (Lipinski definition) is 0. The van der Waals surface area contributed by atoms with Crippen molar-refractivity contribution >= 4 is 0 Å². The van der Waals surface area contributed by atoms with Gasteiger partial charge >= 0.3 is 0 Å². The number of rotatable bonds is 0. The van der Waals surface area contributed by atoms with Crippen LogP contribution in [0.3, 0.4) is 0 Å². The van der Waals surface area contributed by atoms with Gasteiger partial charge in [0.25, 0.3) is 0 Å². The molecule has 9 heavy (non-hydrogen) atoms. The lowest BCUT2D eigenvalue weighted by atomic mass is 9.86. The van der Waals surface area contributed by atoms with Gasteiger partial charge in [-0.05, 0) is 39.0 Å². The van der Waals surface area contributed by atoms with Gasteiger partial charge in [0.15, 0.2) is 0 Å². The van der Waals surface area contributed by atoms with Gasteiger partial charge in [-0.25, -0.2) is 0 Å². The van der Waals surface area contributed by atoms with Gasteiger partial charge in [-0.15, -0.1) is 0 Å². The number of allylic oxidation sites excluding steroid dienone is 2. The fourth-order valence-corrected chi connectivity index (χ4v) is 1.51. The smallest absolute Gasteiger partial charge is 0.0232 e. The Labute approximate surface area is 58.0 Å². The van der Waals surface area contributed by atoms with Gasteiger partial charge in [-0.3, -0.25) is 0 Å². The minimum absolute atomic E-state index is 0.860. The highest BCUT2D eigenvalue weighted by atomic mass is 14.2. The molecule has 1 atom stereocenters. The van der Waals surface area contributed by atoms with Crippen LogP contribution in [-0.2, 0) is 0 Å². The van der Waals surface area contributed by atoms with Gasteiger partial charge in [0.1, 0.15) is 0 Å². The zero-order valence-electron chi connectivity index (χ0n) is 6.70. The molecule has 0 heterocycles. The van der Waals surface area contributed by atoms with Crippen molar-refractivity contribution in [2.24, 2.45) is 5.92 Å². The van der Waals surface area contributed by atoms with Gasteiger partial charge in [-0.2, -0.15) is 0 Å². The molecule has 0 bridgehead atoms. The highest BCUT2D eigenvalue weighted by Crippen LogP contribution is 2.28. The normalized spacial score (nSPS) is 29.0. The Kier molecular flexibility index (Phi) is 1.94. The summed E-state index contributed by atoms with van der Waals surface area (Å²) in [7, 11) is 0. The van der Waals surface area contributed by atoms with Gasteiger partial charge in [0.05, 0.1) is 0 Å². The molecule has 0 heteroatoms. The summed E-state index contributed by atoms with van der Waals surface area (Å²) in [6, 6.07) is 0. The second-order valence-electron chi connectivity index (χ2n) is 3.26. The van der Waals surface area contributed by atoms with Crippen LogP contribution >= 0.6 is 0 Å². The summed E-state index contributed by atoms with van der Waals surface area (Å²) in [6.07, 6.45) is 4.16. The lowest BCUT2D eigenvalue weighted by Gasteiger charge is -2.20. The number of hydrogen-bond donors (Lipinski definition) is 0. The topological polar surface area (TPSA) is 0 Å². The second kappa shape index (κ2) is 2.55. The van der Waals surface area contributed by atoms with Gasteiger partial charge in [-0.1, -0.05) is 18.1 Å². The van der Waals surface area contributed by atoms with Crippen molar-refractivity contribution in [2.75, 3.05) is 0 Å². The first-order valence-electron chi connectivity index (χ1n) is 3.88. The van der Waals surface area contributed by atoms with Gasteiger partial charge in [0, 0.05) is 0 Å². The van der Waals surface area contributed by atoms with Crippen LogP contribution < -0.4 is 0 Å². The summed E-state index contributed by atoms with van der Waals surface area (Å²) in [5, 5.41) is 0. The van der Waals surface area contributed by atoms with Crippen molar-refractivity contribution in [1.82, 2.24) is 0 Å². The van der Waals surface area contributed by atoms with Crippen molar-refractivity contribution in [3.05, 3.63) is 11.1 Å². The van der Waals surface area contributed by atoms with E-state index in [4.69, 9.17) is 0 Å². The van der Waals surface area contributed by atoms with Crippen molar-refractivity contribution in [1.29, 1.82) is 0 Å². The standard InChI is InChI=1S/C9H16/c1-7-5-4-6-8(2)9(7)3/h7H,4-6H2,1-3H3/t7-/m0/s1. The van der Waals surface area contributed by atoms with E-state index in [0.29, 0.717) is 0 Å². The van der Waals surface area contributed by atoms with E-state index in [1.165, 1.54) is 19.3 Å². The summed E-state index contributed by atoms with van der Waals surface area (Å²) in [5.74, 6) is 0.860. The summed E-state index contributed by atoms with van der Waals surface area (Å²) in [5.41, 5.74) is 3.27. The maximum absolute atomic E-state index is 2.33. The van der Waals surface area contributed by atoms with E-state index in [1.807, 2.05) is 0 Å². The predicted octanol–water partition coefficient (Wildman–Crippen LogP) is 3.14. The molecule has 0 aromatic carbocycles. The third kappa shape index (κ3) is 1.35. The molecule has 0 saturated heterocycles. The van der Waals surface area contributed by atoms with E-state index in [2.05, 4.69) is 20.8 Å². The monoisotopic (exact) mass is 124 g/mol. The minimum Gasteiger partial charge on any atom is -0.0741 e. The zero-order chi connectivity index (χ0) is 6.85. The SMILES string of the molecule is CC1=C(C)[C@@H](C)CCC1. The van der Waals surface area contributed by atoms with E-state index in [-0.39, 0.29) is 0 Å². The third-order valence-corrected chi connectivity index (χ3v) is 2.60. The molecule has 0 fully saturated rings. The van der Waals surface area contributed by atoms with Crippen molar-refractivity contribution in [2.45, 2.75) is 40.0 Å². The Morgan fingerprint density at radius 1 is 1.33 bits per heavy atom. The maximum atomic E-state index is 2.33. The molecule has 0 nitrogen and oxygen atoms in total. The van der Waals surface area contributed by atoms with Crippen molar-refractivity contribution in [3.8, 4) is 0 Å². The third-order valence-electron chi connectivity index (χ3n) is 2.60. The zero-order valence-corrected chi connectivity index (χ0v) is 6.70. The molecule has 0 N–H and O–H groups in total. The fraction of sp³-hybridized carbons (Fsp3) is 0.778. The highest BCUT2D eigenvalue weighted by molar-refractivity contribution is 5.14. The quantitative estimate of drug-likeness (QED) is 0.435. The van der Waals surface area contributed by atoms with Crippen LogP contribution in [-0.4, -0.2) is 0 Å². The van der Waals surface area contributed by atoms with E-state index in [1.54, 1.807) is 11.1 Å². The molecule has 1 aliphatic carbocycles. The van der Waals surface area contributed by atoms with Crippen LogP contribution in [0.15, 0.2) is 11.1 Å². The van der Waals surface area contributed by atoms with Crippen LogP contribution in [0.1, 0.15) is 40.0 Å². The summed E-state index contributed by atoms with van der Waals surface area (Å²) in [4.78, 5) is 0. The molecule has 1 rings (SSSR count). The molecule has 52 valence electrons. The molecule has 1 aliphatic rings.